The first kappa shape index (κ1) is 17.1. The van der Waals surface area contributed by atoms with Crippen LogP contribution in [0.3, 0.4) is 0 Å². The average Bonchev–Trinajstić information content (AvgIpc) is 3.17. The summed E-state index contributed by atoms with van der Waals surface area (Å²) in [6.07, 6.45) is 2.97. The van der Waals surface area contributed by atoms with Crippen LogP contribution in [0.2, 0.25) is 0 Å². The molecule has 0 unspecified atom stereocenters. The first-order chi connectivity index (χ1) is 11.1. The number of hydrogen-bond donors (Lipinski definition) is 2. The maximum absolute atomic E-state index is 12.1. The molecule has 8 nitrogen and oxygen atoms in total. The minimum atomic E-state index is -0.165. The Labute approximate surface area is 138 Å². The van der Waals surface area contributed by atoms with Crippen molar-refractivity contribution in [3.05, 3.63) is 28.2 Å². The van der Waals surface area contributed by atoms with Gasteiger partial charge in [-0.3, -0.25) is 9.59 Å². The Morgan fingerprint density at radius 3 is 2.87 bits per heavy atom. The molecular weight excluding hydrogens is 316 g/mol. The molecule has 0 saturated heterocycles. The van der Waals surface area contributed by atoms with E-state index in [-0.39, 0.29) is 24.4 Å². The van der Waals surface area contributed by atoms with Gasteiger partial charge in [-0.15, -0.1) is 16.4 Å². The maximum Gasteiger partial charge on any atom is 0.261 e. The number of carbonyl (C=O) groups is 2. The van der Waals surface area contributed by atoms with Gasteiger partial charge in [-0.05, 0) is 42.3 Å². The third kappa shape index (κ3) is 5.44. The molecule has 0 aromatic carbocycles. The summed E-state index contributed by atoms with van der Waals surface area (Å²) >= 11 is 1.51. The van der Waals surface area contributed by atoms with Crippen molar-refractivity contribution in [2.24, 2.45) is 0 Å². The third-order valence-corrected chi connectivity index (χ3v) is 4.44. The van der Waals surface area contributed by atoms with Crippen LogP contribution in [0.25, 0.3) is 0 Å². The lowest BCUT2D eigenvalue weighted by atomic mass is 10.2. The van der Waals surface area contributed by atoms with Crippen molar-refractivity contribution in [3.8, 4) is 0 Å². The molecule has 2 rings (SSSR count). The fourth-order valence-corrected chi connectivity index (χ4v) is 2.79. The molecule has 0 bridgehead atoms. The molecule has 9 heteroatoms. The average molecular weight is 336 g/mol. The zero-order chi connectivity index (χ0) is 16.7. The Morgan fingerprint density at radius 1 is 1.39 bits per heavy atom. The molecule has 2 N–H and O–H groups in total. The summed E-state index contributed by atoms with van der Waals surface area (Å²) in [4.78, 5) is 25.6. The summed E-state index contributed by atoms with van der Waals surface area (Å²) in [5.74, 6) is -0.233. The van der Waals surface area contributed by atoms with Gasteiger partial charge in [0.1, 0.15) is 12.9 Å². The number of carbonyl (C=O) groups excluding carboxylic acids is 2. The standard InChI is InChI=1S/C14H20N6O2S/c1-3-11-4-5-12(23-11)14(22)17-10(2)6-7-15-13(21)8-20-9-16-18-19-20/h4-5,9-10H,3,6-8H2,1-2H3,(H,15,21)(H,17,22)/t10-/m0/s1. The molecule has 0 fully saturated rings. The lowest BCUT2D eigenvalue weighted by Gasteiger charge is -2.13. The van der Waals surface area contributed by atoms with Crippen LogP contribution >= 0.6 is 11.3 Å². The van der Waals surface area contributed by atoms with E-state index in [1.807, 2.05) is 19.1 Å². The Balaban J connectivity index is 1.67. The summed E-state index contributed by atoms with van der Waals surface area (Å²) in [6.45, 7) is 4.55. The van der Waals surface area contributed by atoms with Crippen LogP contribution in [0.1, 0.15) is 34.8 Å². The van der Waals surface area contributed by atoms with Gasteiger partial charge in [-0.25, -0.2) is 4.68 Å². The molecule has 2 aromatic rings. The molecule has 1 atom stereocenters. The Hall–Kier alpha value is -2.29. The second-order valence-electron chi connectivity index (χ2n) is 5.14. The predicted octanol–water partition coefficient (Wildman–Crippen LogP) is 0.622. The van der Waals surface area contributed by atoms with Crippen LogP contribution in [-0.4, -0.2) is 44.6 Å². The number of amides is 2. The van der Waals surface area contributed by atoms with E-state index in [1.54, 1.807) is 0 Å². The highest BCUT2D eigenvalue weighted by Gasteiger charge is 2.12. The normalized spacial score (nSPS) is 11.9. The van der Waals surface area contributed by atoms with E-state index in [9.17, 15) is 9.59 Å². The number of hydrogen-bond acceptors (Lipinski definition) is 6. The summed E-state index contributed by atoms with van der Waals surface area (Å²) in [5, 5.41) is 16.2. The zero-order valence-corrected chi connectivity index (χ0v) is 14.0. The topological polar surface area (TPSA) is 102 Å². The molecule has 2 heterocycles. The van der Waals surface area contributed by atoms with Crippen molar-refractivity contribution in [2.75, 3.05) is 6.54 Å². The molecule has 2 aromatic heterocycles. The van der Waals surface area contributed by atoms with Crippen molar-refractivity contribution in [1.29, 1.82) is 0 Å². The third-order valence-electron chi connectivity index (χ3n) is 3.21. The molecule has 23 heavy (non-hydrogen) atoms. The fourth-order valence-electron chi connectivity index (χ4n) is 1.94. The SMILES string of the molecule is CCc1ccc(C(=O)N[C@@H](C)CCNC(=O)Cn2cnnn2)s1. The zero-order valence-electron chi connectivity index (χ0n) is 13.2. The van der Waals surface area contributed by atoms with E-state index in [2.05, 4.69) is 33.1 Å². The Bertz CT molecular complexity index is 639. The van der Waals surface area contributed by atoms with Crippen molar-refractivity contribution in [3.63, 3.8) is 0 Å². The molecule has 124 valence electrons. The van der Waals surface area contributed by atoms with Gasteiger partial charge in [0.2, 0.25) is 5.91 Å². The fraction of sp³-hybridized carbons (Fsp3) is 0.500. The number of tetrazole rings is 1. The number of nitrogens with zero attached hydrogens (tertiary/aromatic N) is 4. The molecule has 2 amide bonds. The summed E-state index contributed by atoms with van der Waals surface area (Å²) in [6, 6.07) is 3.80. The molecule has 0 aliphatic carbocycles. The Kier molecular flexibility index (Phi) is 6.21. The van der Waals surface area contributed by atoms with E-state index in [0.29, 0.717) is 13.0 Å². The molecule has 0 radical (unpaired) electrons. The highest BCUT2D eigenvalue weighted by atomic mass is 32.1. The minimum Gasteiger partial charge on any atom is -0.354 e. The largest absolute Gasteiger partial charge is 0.354 e. The predicted molar refractivity (Wildman–Crippen MR) is 86.1 cm³/mol. The number of aromatic nitrogens is 4. The van der Waals surface area contributed by atoms with Gasteiger partial charge in [0.25, 0.3) is 5.91 Å². The molecule has 0 saturated carbocycles. The lowest BCUT2D eigenvalue weighted by molar-refractivity contribution is -0.121. The van der Waals surface area contributed by atoms with Gasteiger partial charge in [0.15, 0.2) is 0 Å². The number of nitrogens with one attached hydrogen (secondary N) is 2. The lowest BCUT2D eigenvalue weighted by Crippen LogP contribution is -2.36. The molecule has 0 spiro atoms. The number of thiophene rings is 1. The van der Waals surface area contributed by atoms with Gasteiger partial charge in [0, 0.05) is 17.5 Å². The monoisotopic (exact) mass is 336 g/mol. The van der Waals surface area contributed by atoms with Crippen molar-refractivity contribution < 1.29 is 9.59 Å². The first-order valence-electron chi connectivity index (χ1n) is 7.45. The number of aryl methyl sites for hydroxylation is 1. The van der Waals surface area contributed by atoms with Crippen molar-refractivity contribution >= 4 is 23.2 Å². The second-order valence-corrected chi connectivity index (χ2v) is 6.31. The van der Waals surface area contributed by atoms with Crippen LogP contribution in [0.4, 0.5) is 0 Å². The highest BCUT2D eigenvalue weighted by molar-refractivity contribution is 7.14. The summed E-state index contributed by atoms with van der Waals surface area (Å²) < 4.78 is 1.35. The second kappa shape index (κ2) is 8.37. The van der Waals surface area contributed by atoms with E-state index >= 15 is 0 Å². The van der Waals surface area contributed by atoms with Crippen LogP contribution in [0.5, 0.6) is 0 Å². The van der Waals surface area contributed by atoms with E-state index in [1.165, 1.54) is 27.2 Å². The van der Waals surface area contributed by atoms with Crippen LogP contribution in [-0.2, 0) is 17.8 Å². The van der Waals surface area contributed by atoms with E-state index < -0.39 is 0 Å². The molecule has 0 aliphatic rings. The first-order valence-corrected chi connectivity index (χ1v) is 8.27. The van der Waals surface area contributed by atoms with Crippen LogP contribution in [0, 0.1) is 0 Å². The van der Waals surface area contributed by atoms with Gasteiger partial charge >= 0.3 is 0 Å². The van der Waals surface area contributed by atoms with Gasteiger partial charge < -0.3 is 10.6 Å². The van der Waals surface area contributed by atoms with E-state index in [4.69, 9.17) is 0 Å². The minimum absolute atomic E-state index is 0.0250. The molecule has 0 aliphatic heterocycles. The van der Waals surface area contributed by atoms with Gasteiger partial charge in [0.05, 0.1) is 4.88 Å². The highest BCUT2D eigenvalue weighted by Crippen LogP contribution is 2.16. The smallest absolute Gasteiger partial charge is 0.261 e. The quantitative estimate of drug-likeness (QED) is 0.736. The maximum atomic E-state index is 12.1. The van der Waals surface area contributed by atoms with Crippen LogP contribution in [0.15, 0.2) is 18.5 Å². The van der Waals surface area contributed by atoms with Crippen molar-refractivity contribution in [1.82, 2.24) is 30.8 Å². The van der Waals surface area contributed by atoms with Gasteiger partial charge in [-0.1, -0.05) is 6.92 Å². The van der Waals surface area contributed by atoms with Crippen LogP contribution < -0.4 is 10.6 Å². The summed E-state index contributed by atoms with van der Waals surface area (Å²) in [5.41, 5.74) is 0. The van der Waals surface area contributed by atoms with E-state index in [0.717, 1.165) is 11.3 Å². The number of rotatable bonds is 8. The van der Waals surface area contributed by atoms with Gasteiger partial charge in [-0.2, -0.15) is 0 Å². The Morgan fingerprint density at radius 2 is 2.22 bits per heavy atom. The molecular formula is C14H20N6O2S. The summed E-state index contributed by atoms with van der Waals surface area (Å²) in [7, 11) is 0. The van der Waals surface area contributed by atoms with Crippen molar-refractivity contribution in [2.45, 2.75) is 39.3 Å².